The number of aryl methyl sites for hydroxylation is 1. The lowest BCUT2D eigenvalue weighted by atomic mass is 10.1. The molecule has 0 saturated heterocycles. The molecule has 0 amide bonds. The van der Waals surface area contributed by atoms with Gasteiger partial charge in [-0.3, -0.25) is 0 Å². The van der Waals surface area contributed by atoms with Crippen LogP contribution in [0.4, 0.5) is 0 Å². The van der Waals surface area contributed by atoms with Crippen LogP contribution in [0.25, 0.3) is 0 Å². The molecule has 0 aliphatic carbocycles. The summed E-state index contributed by atoms with van der Waals surface area (Å²) in [7, 11) is 1.97. The van der Waals surface area contributed by atoms with Crippen LogP contribution < -0.4 is 10.1 Å². The van der Waals surface area contributed by atoms with Crippen LogP contribution in [0.5, 0.6) is 5.75 Å². The van der Waals surface area contributed by atoms with Crippen molar-refractivity contribution in [2.75, 3.05) is 6.54 Å². The summed E-state index contributed by atoms with van der Waals surface area (Å²) >= 11 is 0. The third kappa shape index (κ3) is 3.84. The van der Waals surface area contributed by atoms with Crippen molar-refractivity contribution in [2.45, 2.75) is 32.9 Å². The highest BCUT2D eigenvalue weighted by Crippen LogP contribution is 2.18. The number of imidazole rings is 1. The van der Waals surface area contributed by atoms with Crippen molar-refractivity contribution in [3.05, 3.63) is 48.0 Å². The molecule has 0 spiro atoms. The van der Waals surface area contributed by atoms with Crippen LogP contribution in [0.1, 0.15) is 37.6 Å². The average Bonchev–Trinajstić information content (AvgIpc) is 2.88. The van der Waals surface area contributed by atoms with Gasteiger partial charge in [0.25, 0.3) is 0 Å². The zero-order valence-electron chi connectivity index (χ0n) is 12.5. The van der Waals surface area contributed by atoms with Crippen LogP contribution in [-0.4, -0.2) is 16.1 Å². The standard InChI is InChI=1S/C16H23N3O/c1-4-9-18-13(2)14-5-7-16(8-6-14)20-11-15-10-17-12-19(15)3/h5-8,10,12-13,18H,4,9,11H2,1-3H3. The second-order valence-corrected chi connectivity index (χ2v) is 5.03. The maximum Gasteiger partial charge on any atom is 0.130 e. The Morgan fingerprint density at radius 1 is 1.30 bits per heavy atom. The van der Waals surface area contributed by atoms with Gasteiger partial charge in [-0.2, -0.15) is 0 Å². The summed E-state index contributed by atoms with van der Waals surface area (Å²) in [6.45, 7) is 5.94. The number of nitrogens with one attached hydrogen (secondary N) is 1. The van der Waals surface area contributed by atoms with Crippen molar-refractivity contribution in [3.63, 3.8) is 0 Å². The lowest BCUT2D eigenvalue weighted by Gasteiger charge is -2.14. The molecule has 0 aliphatic rings. The van der Waals surface area contributed by atoms with E-state index >= 15 is 0 Å². The van der Waals surface area contributed by atoms with E-state index in [1.165, 1.54) is 5.56 Å². The Kier molecular flexibility index (Phi) is 5.18. The number of hydrogen-bond donors (Lipinski definition) is 1. The Labute approximate surface area is 120 Å². The van der Waals surface area contributed by atoms with Crippen LogP contribution in [0, 0.1) is 0 Å². The van der Waals surface area contributed by atoms with Gasteiger partial charge < -0.3 is 14.6 Å². The van der Waals surface area contributed by atoms with Crippen LogP contribution in [0.3, 0.4) is 0 Å². The molecule has 20 heavy (non-hydrogen) atoms. The average molecular weight is 273 g/mol. The fourth-order valence-electron chi connectivity index (χ4n) is 2.01. The molecule has 1 aromatic carbocycles. The maximum absolute atomic E-state index is 5.77. The molecule has 0 radical (unpaired) electrons. The van der Waals surface area contributed by atoms with Gasteiger partial charge in [-0.05, 0) is 37.6 Å². The lowest BCUT2D eigenvalue weighted by Crippen LogP contribution is -2.19. The fraction of sp³-hybridized carbons (Fsp3) is 0.438. The van der Waals surface area contributed by atoms with Crippen LogP contribution in [0.15, 0.2) is 36.8 Å². The van der Waals surface area contributed by atoms with E-state index in [2.05, 4.69) is 36.3 Å². The normalized spacial score (nSPS) is 12.3. The topological polar surface area (TPSA) is 39.1 Å². The summed E-state index contributed by atoms with van der Waals surface area (Å²) in [6, 6.07) is 8.66. The Hall–Kier alpha value is -1.81. The predicted molar refractivity (Wildman–Crippen MR) is 80.7 cm³/mol. The molecule has 0 bridgehead atoms. The SMILES string of the molecule is CCCNC(C)c1ccc(OCc2cncn2C)cc1. The Bertz CT molecular complexity index is 519. The summed E-state index contributed by atoms with van der Waals surface area (Å²) in [5.74, 6) is 0.887. The van der Waals surface area contributed by atoms with E-state index in [9.17, 15) is 0 Å². The number of nitrogens with zero attached hydrogens (tertiary/aromatic N) is 2. The molecule has 0 fully saturated rings. The highest BCUT2D eigenvalue weighted by Gasteiger charge is 2.05. The molecule has 2 aromatic rings. The van der Waals surface area contributed by atoms with Crippen LogP contribution >= 0.6 is 0 Å². The van der Waals surface area contributed by atoms with E-state index in [4.69, 9.17) is 4.74 Å². The quantitative estimate of drug-likeness (QED) is 0.842. The predicted octanol–water partition coefficient (Wildman–Crippen LogP) is 3.06. The largest absolute Gasteiger partial charge is 0.487 e. The molecule has 1 unspecified atom stereocenters. The van der Waals surface area contributed by atoms with E-state index in [0.717, 1.165) is 24.4 Å². The summed E-state index contributed by atoms with van der Waals surface area (Å²) in [4.78, 5) is 4.07. The van der Waals surface area contributed by atoms with Gasteiger partial charge in [0.2, 0.25) is 0 Å². The summed E-state index contributed by atoms with van der Waals surface area (Å²) < 4.78 is 7.73. The van der Waals surface area contributed by atoms with Gasteiger partial charge in [0.15, 0.2) is 0 Å². The molecule has 1 N–H and O–H groups in total. The molecule has 2 rings (SSSR count). The minimum atomic E-state index is 0.376. The fourth-order valence-corrected chi connectivity index (χ4v) is 2.01. The molecular formula is C16H23N3O. The first-order valence-corrected chi connectivity index (χ1v) is 7.12. The zero-order valence-corrected chi connectivity index (χ0v) is 12.5. The molecule has 0 aliphatic heterocycles. The number of aromatic nitrogens is 2. The van der Waals surface area contributed by atoms with Crippen molar-refractivity contribution >= 4 is 0 Å². The van der Waals surface area contributed by atoms with Crippen molar-refractivity contribution in [3.8, 4) is 5.75 Å². The summed E-state index contributed by atoms with van der Waals surface area (Å²) in [5, 5.41) is 3.48. The van der Waals surface area contributed by atoms with Gasteiger partial charge in [0.05, 0.1) is 18.2 Å². The number of ether oxygens (including phenoxy) is 1. The van der Waals surface area contributed by atoms with Gasteiger partial charge in [0.1, 0.15) is 12.4 Å². The highest BCUT2D eigenvalue weighted by molar-refractivity contribution is 5.29. The number of benzene rings is 1. The van der Waals surface area contributed by atoms with E-state index < -0.39 is 0 Å². The van der Waals surface area contributed by atoms with Gasteiger partial charge in [0, 0.05) is 13.1 Å². The van der Waals surface area contributed by atoms with Gasteiger partial charge in [-0.15, -0.1) is 0 Å². The number of hydrogen-bond acceptors (Lipinski definition) is 3. The zero-order chi connectivity index (χ0) is 14.4. The molecule has 1 atom stereocenters. The van der Waals surface area contributed by atoms with Gasteiger partial charge >= 0.3 is 0 Å². The Balaban J connectivity index is 1.89. The van der Waals surface area contributed by atoms with Crippen molar-refractivity contribution < 1.29 is 4.74 Å². The van der Waals surface area contributed by atoms with E-state index in [0.29, 0.717) is 12.6 Å². The van der Waals surface area contributed by atoms with Crippen LogP contribution in [0.2, 0.25) is 0 Å². The molecule has 1 aromatic heterocycles. The first-order chi connectivity index (χ1) is 9.70. The minimum absolute atomic E-state index is 0.376. The van der Waals surface area contributed by atoms with E-state index in [-0.39, 0.29) is 0 Å². The molecule has 4 heteroatoms. The van der Waals surface area contributed by atoms with Crippen molar-refractivity contribution in [1.29, 1.82) is 0 Å². The molecule has 0 saturated carbocycles. The Morgan fingerprint density at radius 2 is 2.05 bits per heavy atom. The third-order valence-corrected chi connectivity index (χ3v) is 3.38. The second kappa shape index (κ2) is 7.10. The molecule has 1 heterocycles. The van der Waals surface area contributed by atoms with Crippen molar-refractivity contribution in [2.24, 2.45) is 7.05 Å². The van der Waals surface area contributed by atoms with E-state index in [1.54, 1.807) is 6.33 Å². The van der Waals surface area contributed by atoms with E-state index in [1.807, 2.05) is 29.9 Å². The van der Waals surface area contributed by atoms with Crippen molar-refractivity contribution in [1.82, 2.24) is 14.9 Å². The molecule has 4 nitrogen and oxygen atoms in total. The number of rotatable bonds is 7. The summed E-state index contributed by atoms with van der Waals surface area (Å²) in [5.41, 5.74) is 2.35. The summed E-state index contributed by atoms with van der Waals surface area (Å²) in [6.07, 6.45) is 4.75. The highest BCUT2D eigenvalue weighted by atomic mass is 16.5. The Morgan fingerprint density at radius 3 is 2.65 bits per heavy atom. The minimum Gasteiger partial charge on any atom is -0.487 e. The smallest absolute Gasteiger partial charge is 0.130 e. The van der Waals surface area contributed by atoms with Gasteiger partial charge in [-0.1, -0.05) is 19.1 Å². The maximum atomic E-state index is 5.77. The first-order valence-electron chi connectivity index (χ1n) is 7.12. The van der Waals surface area contributed by atoms with Gasteiger partial charge in [-0.25, -0.2) is 4.98 Å². The second-order valence-electron chi connectivity index (χ2n) is 5.03. The molecular weight excluding hydrogens is 250 g/mol. The third-order valence-electron chi connectivity index (χ3n) is 3.38. The lowest BCUT2D eigenvalue weighted by molar-refractivity contribution is 0.297. The van der Waals surface area contributed by atoms with Crippen LogP contribution in [-0.2, 0) is 13.7 Å². The molecule has 108 valence electrons. The monoisotopic (exact) mass is 273 g/mol. The first kappa shape index (κ1) is 14.6.